The first-order chi connectivity index (χ1) is 9.83. The molecule has 0 bridgehead atoms. The van der Waals surface area contributed by atoms with Crippen LogP contribution in [0.15, 0.2) is 12.4 Å². The smallest absolute Gasteiger partial charge is 0.362 e. The van der Waals surface area contributed by atoms with Crippen LogP contribution in [0.4, 0.5) is 0 Å². The average molecular weight is 364 g/mol. The monoisotopic (exact) mass is 364 g/mol. The van der Waals surface area contributed by atoms with Crippen molar-refractivity contribution in [3.8, 4) is 0 Å². The molecule has 0 spiro atoms. The summed E-state index contributed by atoms with van der Waals surface area (Å²) in [5, 5.41) is 0. The number of hydrogen-bond acceptors (Lipinski definition) is 6. The molecule has 134 valence electrons. The first kappa shape index (κ1) is 23.3. The second-order valence-electron chi connectivity index (χ2n) is 4.47. The fourth-order valence-electron chi connectivity index (χ4n) is 1.48. The summed E-state index contributed by atoms with van der Waals surface area (Å²) >= 11 is 0. The maximum absolute atomic E-state index is 8.74. The predicted octanol–water partition coefficient (Wildman–Crippen LogP) is 0.937. The van der Waals surface area contributed by atoms with Crippen LogP contribution in [0.5, 0.6) is 0 Å². The molecule has 12 heteroatoms. The molecule has 0 amide bonds. The van der Waals surface area contributed by atoms with Crippen molar-refractivity contribution in [1.82, 2.24) is 9.80 Å². The van der Waals surface area contributed by atoms with Gasteiger partial charge < -0.3 is 9.80 Å². The van der Waals surface area contributed by atoms with Crippen LogP contribution in [0.25, 0.3) is 0 Å². The third-order valence-electron chi connectivity index (χ3n) is 2.24. The zero-order valence-corrected chi connectivity index (χ0v) is 14.2. The molecule has 0 saturated heterocycles. The Labute approximate surface area is 131 Å². The molecule has 0 saturated carbocycles. The van der Waals surface area contributed by atoms with Crippen molar-refractivity contribution in [3.05, 3.63) is 12.4 Å². The van der Waals surface area contributed by atoms with Gasteiger partial charge in [-0.25, -0.2) is 0 Å². The Kier molecular flexibility index (Phi) is 12.3. The lowest BCUT2D eigenvalue weighted by atomic mass is 10.2. The third kappa shape index (κ3) is 31.5. The van der Waals surface area contributed by atoms with Crippen LogP contribution in [0.3, 0.4) is 0 Å². The van der Waals surface area contributed by atoms with Crippen LogP contribution in [0.2, 0.25) is 0 Å². The minimum absolute atomic E-state index is 1.08. The van der Waals surface area contributed by atoms with E-state index >= 15 is 0 Å². The third-order valence-corrected chi connectivity index (χ3v) is 2.24. The molecule has 10 nitrogen and oxygen atoms in total. The van der Waals surface area contributed by atoms with Gasteiger partial charge in [0, 0.05) is 26.0 Å². The van der Waals surface area contributed by atoms with Crippen molar-refractivity contribution < 1.29 is 35.0 Å². The van der Waals surface area contributed by atoms with Crippen LogP contribution >= 0.6 is 0 Å². The van der Waals surface area contributed by atoms with E-state index in [0.717, 1.165) is 6.67 Å². The van der Waals surface area contributed by atoms with Crippen LogP contribution in [0.1, 0.15) is 32.6 Å². The fraction of sp³-hybridized carbons (Fsp3) is 0.800. The van der Waals surface area contributed by atoms with E-state index in [-0.39, 0.29) is 0 Å². The number of rotatable bonds is 5. The van der Waals surface area contributed by atoms with Gasteiger partial charge in [-0.2, -0.15) is 16.8 Å². The Morgan fingerprint density at radius 2 is 1.36 bits per heavy atom. The summed E-state index contributed by atoms with van der Waals surface area (Å²) in [5.41, 5.74) is 0. The molecule has 0 unspecified atom stereocenters. The highest BCUT2D eigenvalue weighted by atomic mass is 32.3. The first-order valence-electron chi connectivity index (χ1n) is 6.35. The molecule has 0 aromatic rings. The van der Waals surface area contributed by atoms with Crippen LogP contribution in [-0.4, -0.2) is 65.1 Å². The molecule has 0 aromatic carbocycles. The van der Waals surface area contributed by atoms with Crippen LogP contribution < -0.4 is 0 Å². The van der Waals surface area contributed by atoms with E-state index in [4.69, 9.17) is 35.0 Å². The molecule has 0 aromatic heterocycles. The minimum Gasteiger partial charge on any atom is -0.362 e. The van der Waals surface area contributed by atoms with Gasteiger partial charge in [-0.1, -0.05) is 26.2 Å². The summed E-state index contributed by atoms with van der Waals surface area (Å²) in [6.45, 7) is 4.55. The zero-order chi connectivity index (χ0) is 17.8. The van der Waals surface area contributed by atoms with Crippen LogP contribution in [-0.2, 0) is 20.8 Å². The molecule has 1 aliphatic rings. The number of unbranched alkanes of at least 4 members (excludes halogenated alkanes) is 3. The van der Waals surface area contributed by atoms with Crippen LogP contribution in [0, 0.1) is 0 Å². The van der Waals surface area contributed by atoms with Gasteiger partial charge in [0.25, 0.3) is 0 Å². The quantitative estimate of drug-likeness (QED) is 0.409. The van der Waals surface area contributed by atoms with Gasteiger partial charge in [-0.3, -0.25) is 18.2 Å². The highest BCUT2D eigenvalue weighted by molar-refractivity contribution is 7.80. The molecule has 22 heavy (non-hydrogen) atoms. The minimum atomic E-state index is -4.67. The lowest BCUT2D eigenvalue weighted by Gasteiger charge is -2.17. The van der Waals surface area contributed by atoms with E-state index < -0.39 is 20.8 Å². The van der Waals surface area contributed by atoms with Crippen molar-refractivity contribution in [2.45, 2.75) is 32.6 Å². The van der Waals surface area contributed by atoms with Crippen molar-refractivity contribution >= 4 is 20.8 Å². The van der Waals surface area contributed by atoms with Crippen molar-refractivity contribution in [1.29, 1.82) is 0 Å². The molecule has 1 heterocycles. The average Bonchev–Trinajstić information content (AvgIpc) is 2.66. The largest absolute Gasteiger partial charge is 0.394 e. The van der Waals surface area contributed by atoms with Gasteiger partial charge in [0.05, 0.1) is 6.67 Å². The Hall–Kier alpha value is -0.920. The Morgan fingerprint density at radius 1 is 0.909 bits per heavy atom. The maximum Gasteiger partial charge on any atom is 0.394 e. The summed E-state index contributed by atoms with van der Waals surface area (Å²) < 4.78 is 63.2. The summed E-state index contributed by atoms with van der Waals surface area (Å²) in [5.74, 6) is 0. The summed E-state index contributed by atoms with van der Waals surface area (Å²) in [6.07, 6.45) is 9.76. The highest BCUT2D eigenvalue weighted by Crippen LogP contribution is 2.06. The molecular formula is C10H24N2O8S2. The Balaban J connectivity index is 0. The Morgan fingerprint density at radius 3 is 1.68 bits per heavy atom. The second kappa shape index (κ2) is 11.6. The maximum atomic E-state index is 8.74. The lowest BCUT2D eigenvalue weighted by Crippen LogP contribution is -2.23. The summed E-state index contributed by atoms with van der Waals surface area (Å²) in [7, 11) is -7.22. The second-order valence-corrected chi connectivity index (χ2v) is 6.26. The number of hydrogen-bond donors (Lipinski definition) is 4. The van der Waals surface area contributed by atoms with E-state index in [2.05, 4.69) is 36.2 Å². The van der Waals surface area contributed by atoms with Crippen molar-refractivity contribution in [2.75, 3.05) is 20.3 Å². The normalized spacial score (nSPS) is 14.1. The summed E-state index contributed by atoms with van der Waals surface area (Å²) in [6, 6.07) is 0. The molecule has 0 aliphatic carbocycles. The van der Waals surface area contributed by atoms with Crippen molar-refractivity contribution in [2.24, 2.45) is 0 Å². The fourth-order valence-corrected chi connectivity index (χ4v) is 1.48. The molecule has 1 rings (SSSR count). The topological polar surface area (TPSA) is 156 Å². The summed E-state index contributed by atoms with van der Waals surface area (Å²) in [4.78, 5) is 4.58. The number of nitrogens with zero attached hydrogens (tertiary/aromatic N) is 2. The molecule has 4 N–H and O–H groups in total. The molecule has 1 aliphatic heterocycles. The SMILES string of the molecule is CCCCCCN1C=CN(C)C1.O=S(=O)(O)O.O=S(=O)(O)O. The van der Waals surface area contributed by atoms with E-state index in [9.17, 15) is 0 Å². The Bertz CT molecular complexity index is 457. The lowest BCUT2D eigenvalue weighted by molar-refractivity contribution is 0.291. The van der Waals surface area contributed by atoms with E-state index in [0.29, 0.717) is 0 Å². The van der Waals surface area contributed by atoms with Gasteiger partial charge >= 0.3 is 20.8 Å². The van der Waals surface area contributed by atoms with Crippen molar-refractivity contribution in [3.63, 3.8) is 0 Å². The first-order valence-corrected chi connectivity index (χ1v) is 9.14. The van der Waals surface area contributed by atoms with Gasteiger partial charge in [-0.05, 0) is 6.42 Å². The standard InChI is InChI=1S/C10H20N2.2H2O4S/c1-3-4-5-6-7-12-9-8-11(2)10-12;2*1-5(2,3)4/h8-9H,3-7,10H2,1-2H3;2*(H2,1,2,3,4). The van der Waals surface area contributed by atoms with E-state index in [1.54, 1.807) is 0 Å². The zero-order valence-electron chi connectivity index (χ0n) is 12.5. The predicted molar refractivity (Wildman–Crippen MR) is 81.0 cm³/mol. The van der Waals surface area contributed by atoms with Gasteiger partial charge in [0.15, 0.2) is 0 Å². The highest BCUT2D eigenvalue weighted by Gasteiger charge is 2.06. The molecular weight excluding hydrogens is 340 g/mol. The van der Waals surface area contributed by atoms with Gasteiger partial charge in [0.1, 0.15) is 0 Å². The van der Waals surface area contributed by atoms with E-state index in [1.807, 2.05) is 0 Å². The van der Waals surface area contributed by atoms with Gasteiger partial charge in [0.2, 0.25) is 0 Å². The molecule has 0 fully saturated rings. The molecule has 0 radical (unpaired) electrons. The molecule has 0 atom stereocenters. The van der Waals surface area contributed by atoms with Gasteiger partial charge in [-0.15, -0.1) is 0 Å². The van der Waals surface area contributed by atoms with E-state index in [1.165, 1.54) is 32.2 Å².